The van der Waals surface area contributed by atoms with Gasteiger partial charge in [0.25, 0.3) is 0 Å². The van der Waals surface area contributed by atoms with Crippen molar-refractivity contribution in [3.8, 4) is 0 Å². The Bertz CT molecular complexity index is 442. The molecule has 0 aromatic heterocycles. The first-order chi connectivity index (χ1) is 8.27. The molecule has 0 spiro atoms. The first-order valence-corrected chi connectivity index (χ1v) is 7.31. The van der Waals surface area contributed by atoms with Gasteiger partial charge >= 0.3 is 0 Å². The van der Waals surface area contributed by atoms with Gasteiger partial charge in [0.15, 0.2) is 0 Å². The summed E-state index contributed by atoms with van der Waals surface area (Å²) in [4.78, 5) is 15.8. The van der Waals surface area contributed by atoms with Crippen molar-refractivity contribution >= 4 is 23.4 Å². The first kappa shape index (κ1) is 11.1. The van der Waals surface area contributed by atoms with Crippen LogP contribution in [0.5, 0.6) is 0 Å². The number of carbonyl (C=O) groups excluding carboxylic acids is 1. The van der Waals surface area contributed by atoms with Crippen LogP contribution in [0.1, 0.15) is 26.2 Å². The fraction of sp³-hybridized carbons (Fsp3) is 0.500. The smallest absolute Gasteiger partial charge is 0.230 e. The minimum Gasteiger partial charge on any atom is -0.307 e. The van der Waals surface area contributed by atoms with Crippen LogP contribution in [0.3, 0.4) is 0 Å². The highest BCUT2D eigenvalue weighted by molar-refractivity contribution is 7.99. The molecule has 1 amide bonds. The fourth-order valence-corrected chi connectivity index (χ4v) is 3.55. The number of carbonyl (C=O) groups is 1. The van der Waals surface area contributed by atoms with Gasteiger partial charge in [-0.15, -0.1) is 11.8 Å². The molecule has 1 fully saturated rings. The van der Waals surface area contributed by atoms with Crippen LogP contribution in [0.2, 0.25) is 0 Å². The number of thioether (sulfide) groups is 1. The third-order valence-electron chi connectivity index (χ3n) is 3.74. The predicted octanol–water partition coefficient (Wildman–Crippen LogP) is 3.31. The van der Waals surface area contributed by atoms with Gasteiger partial charge < -0.3 is 4.90 Å². The molecule has 1 atom stereocenters. The number of nitrogens with zero attached hydrogens (tertiary/aromatic N) is 1. The summed E-state index contributed by atoms with van der Waals surface area (Å²) in [7, 11) is 0. The van der Waals surface area contributed by atoms with E-state index >= 15 is 0 Å². The van der Waals surface area contributed by atoms with Gasteiger partial charge in [-0.05, 0) is 31.9 Å². The number of hydrogen-bond acceptors (Lipinski definition) is 2. The zero-order valence-corrected chi connectivity index (χ0v) is 10.9. The molecule has 1 aromatic carbocycles. The van der Waals surface area contributed by atoms with Crippen LogP contribution in [-0.2, 0) is 4.79 Å². The molecule has 3 heteroatoms. The Kier molecular flexibility index (Phi) is 2.87. The minimum atomic E-state index is 0.286. The Hall–Kier alpha value is -0.960. The maximum absolute atomic E-state index is 12.5. The van der Waals surface area contributed by atoms with Crippen LogP contribution < -0.4 is 4.90 Å². The molecule has 17 heavy (non-hydrogen) atoms. The standard InChI is InChI=1S/C14H17NOS/c1-10-9-17-13-8-3-2-7-12(13)15(10)14(16)11-5-4-6-11/h2-3,7-8,10-11H,4-6,9H2,1H3. The monoisotopic (exact) mass is 247 g/mol. The van der Waals surface area contributed by atoms with E-state index < -0.39 is 0 Å². The van der Waals surface area contributed by atoms with Crippen molar-refractivity contribution < 1.29 is 4.79 Å². The number of para-hydroxylation sites is 1. The molecule has 1 unspecified atom stereocenters. The Morgan fingerprint density at radius 1 is 1.35 bits per heavy atom. The van der Waals surface area contributed by atoms with Crippen LogP contribution in [0, 0.1) is 5.92 Å². The molecule has 2 nitrogen and oxygen atoms in total. The lowest BCUT2D eigenvalue weighted by atomic mass is 9.84. The highest BCUT2D eigenvalue weighted by Gasteiger charge is 2.35. The molecule has 3 rings (SSSR count). The van der Waals surface area contributed by atoms with E-state index in [1.54, 1.807) is 0 Å². The summed E-state index contributed by atoms with van der Waals surface area (Å²) in [5.41, 5.74) is 1.12. The molecular weight excluding hydrogens is 230 g/mol. The summed E-state index contributed by atoms with van der Waals surface area (Å²) in [6, 6.07) is 8.59. The lowest BCUT2D eigenvalue weighted by Crippen LogP contribution is -2.47. The number of amides is 1. The number of fused-ring (bicyclic) bond motifs is 1. The lowest BCUT2D eigenvalue weighted by Gasteiger charge is -2.39. The van der Waals surface area contributed by atoms with Crippen molar-refractivity contribution in [1.82, 2.24) is 0 Å². The normalized spacial score (nSPS) is 24.1. The van der Waals surface area contributed by atoms with Crippen molar-refractivity contribution in [3.63, 3.8) is 0 Å². The first-order valence-electron chi connectivity index (χ1n) is 6.32. The molecule has 90 valence electrons. The van der Waals surface area contributed by atoms with E-state index in [0.717, 1.165) is 24.3 Å². The van der Waals surface area contributed by atoms with Crippen molar-refractivity contribution in [1.29, 1.82) is 0 Å². The molecule has 1 aliphatic carbocycles. The molecule has 1 saturated carbocycles. The molecule has 1 heterocycles. The predicted molar refractivity (Wildman–Crippen MR) is 71.5 cm³/mol. The number of rotatable bonds is 1. The summed E-state index contributed by atoms with van der Waals surface area (Å²) in [6.07, 6.45) is 3.38. The van der Waals surface area contributed by atoms with Crippen molar-refractivity contribution in [2.75, 3.05) is 10.7 Å². The second kappa shape index (κ2) is 4.37. The van der Waals surface area contributed by atoms with E-state index in [-0.39, 0.29) is 5.92 Å². The molecule has 0 saturated heterocycles. The number of benzene rings is 1. The largest absolute Gasteiger partial charge is 0.307 e. The van der Waals surface area contributed by atoms with Gasteiger partial charge in [0, 0.05) is 22.6 Å². The molecule has 1 aromatic rings. The quantitative estimate of drug-likeness (QED) is 0.759. The van der Waals surface area contributed by atoms with Gasteiger partial charge in [-0.25, -0.2) is 0 Å². The zero-order chi connectivity index (χ0) is 11.8. The average molecular weight is 247 g/mol. The lowest BCUT2D eigenvalue weighted by molar-refractivity contribution is -0.125. The maximum Gasteiger partial charge on any atom is 0.230 e. The van der Waals surface area contributed by atoms with Gasteiger partial charge in [-0.2, -0.15) is 0 Å². The SMILES string of the molecule is CC1CSc2ccccc2N1C(=O)C1CCC1. The summed E-state index contributed by atoms with van der Waals surface area (Å²) in [6.45, 7) is 2.15. The fourth-order valence-electron chi connectivity index (χ4n) is 2.49. The van der Waals surface area contributed by atoms with Crippen LogP contribution in [0.25, 0.3) is 0 Å². The average Bonchev–Trinajstić information content (AvgIpc) is 2.26. The van der Waals surface area contributed by atoms with Crippen molar-refractivity contribution in [3.05, 3.63) is 24.3 Å². The van der Waals surface area contributed by atoms with Crippen LogP contribution in [0.4, 0.5) is 5.69 Å². The third kappa shape index (κ3) is 1.86. The Labute approximate surface area is 106 Å². The molecule has 2 aliphatic rings. The second-order valence-corrected chi connectivity index (χ2v) is 6.03. The number of hydrogen-bond donors (Lipinski definition) is 0. The van der Waals surface area contributed by atoms with Crippen molar-refractivity contribution in [2.24, 2.45) is 5.92 Å². The summed E-state index contributed by atoms with van der Waals surface area (Å²) < 4.78 is 0. The number of anilines is 1. The molecule has 0 radical (unpaired) electrons. The highest BCUT2D eigenvalue weighted by Crippen LogP contribution is 2.40. The Morgan fingerprint density at radius 2 is 2.12 bits per heavy atom. The Morgan fingerprint density at radius 3 is 2.82 bits per heavy atom. The van der Waals surface area contributed by atoms with Gasteiger partial charge in [0.05, 0.1) is 5.69 Å². The Balaban J connectivity index is 1.94. The summed E-state index contributed by atoms with van der Waals surface area (Å²) in [5.74, 6) is 1.64. The minimum absolute atomic E-state index is 0.286. The molecular formula is C14H17NOS. The van der Waals surface area contributed by atoms with E-state index in [1.165, 1.54) is 11.3 Å². The second-order valence-electron chi connectivity index (χ2n) is 4.96. The van der Waals surface area contributed by atoms with Gasteiger partial charge in [-0.3, -0.25) is 4.79 Å². The van der Waals surface area contributed by atoms with Crippen LogP contribution in [0.15, 0.2) is 29.2 Å². The maximum atomic E-state index is 12.5. The zero-order valence-electron chi connectivity index (χ0n) is 10.1. The molecule has 1 aliphatic heterocycles. The van der Waals surface area contributed by atoms with Crippen LogP contribution >= 0.6 is 11.8 Å². The summed E-state index contributed by atoms with van der Waals surface area (Å²) in [5, 5.41) is 0. The van der Waals surface area contributed by atoms with Crippen molar-refractivity contribution in [2.45, 2.75) is 37.1 Å². The van der Waals surface area contributed by atoms with E-state index in [4.69, 9.17) is 0 Å². The van der Waals surface area contributed by atoms with E-state index in [9.17, 15) is 4.79 Å². The van der Waals surface area contributed by atoms with E-state index in [0.29, 0.717) is 11.9 Å². The topological polar surface area (TPSA) is 20.3 Å². The molecule has 0 N–H and O–H groups in total. The van der Waals surface area contributed by atoms with Gasteiger partial charge in [-0.1, -0.05) is 18.6 Å². The van der Waals surface area contributed by atoms with Gasteiger partial charge in [0.2, 0.25) is 5.91 Å². The summed E-state index contributed by atoms with van der Waals surface area (Å²) >= 11 is 1.86. The van der Waals surface area contributed by atoms with E-state index in [2.05, 4.69) is 19.1 Å². The van der Waals surface area contributed by atoms with Gasteiger partial charge in [0.1, 0.15) is 0 Å². The highest BCUT2D eigenvalue weighted by atomic mass is 32.2. The van der Waals surface area contributed by atoms with Crippen LogP contribution in [-0.4, -0.2) is 17.7 Å². The molecule has 0 bridgehead atoms. The third-order valence-corrected chi connectivity index (χ3v) is 5.04. The van der Waals surface area contributed by atoms with E-state index in [1.807, 2.05) is 28.8 Å².